The van der Waals surface area contributed by atoms with Crippen LogP contribution in [-0.4, -0.2) is 21.8 Å². The molecule has 37 heavy (non-hydrogen) atoms. The molecular weight excluding hydrogens is 497 g/mol. The van der Waals surface area contributed by atoms with Crippen LogP contribution in [0.3, 0.4) is 0 Å². The van der Waals surface area contributed by atoms with Crippen molar-refractivity contribution in [1.29, 1.82) is 0 Å². The lowest BCUT2D eigenvalue weighted by Crippen LogP contribution is -2.29. The summed E-state index contributed by atoms with van der Waals surface area (Å²) in [6.45, 7) is 3.82. The Bertz CT molecular complexity index is 1430. The van der Waals surface area contributed by atoms with E-state index in [4.69, 9.17) is 17.0 Å². The number of nitrogens with zero attached hydrogens (tertiary/aromatic N) is 3. The van der Waals surface area contributed by atoms with Gasteiger partial charge in [0.15, 0.2) is 5.11 Å². The van der Waals surface area contributed by atoms with Gasteiger partial charge in [-0.3, -0.25) is 4.98 Å². The lowest BCUT2D eigenvalue weighted by molar-refractivity contribution is -0.137. The monoisotopic (exact) mass is 522 g/mol. The zero-order chi connectivity index (χ0) is 26.3. The molecule has 0 aliphatic carbocycles. The van der Waals surface area contributed by atoms with Crippen LogP contribution < -0.4 is 15.0 Å². The van der Waals surface area contributed by atoms with Gasteiger partial charge in [0.25, 0.3) is 0 Å². The van der Waals surface area contributed by atoms with Crippen molar-refractivity contribution in [1.82, 2.24) is 14.9 Å². The molecule has 9 heteroatoms. The van der Waals surface area contributed by atoms with E-state index in [2.05, 4.69) is 10.3 Å². The van der Waals surface area contributed by atoms with Crippen LogP contribution in [0.15, 0.2) is 79.0 Å². The first-order valence-electron chi connectivity index (χ1n) is 11.7. The maximum atomic E-state index is 13.5. The van der Waals surface area contributed by atoms with Gasteiger partial charge in [0.1, 0.15) is 5.75 Å². The molecule has 0 radical (unpaired) electrons. The van der Waals surface area contributed by atoms with Gasteiger partial charge in [-0.15, -0.1) is 0 Å². The van der Waals surface area contributed by atoms with Crippen LogP contribution in [0.4, 0.5) is 18.9 Å². The van der Waals surface area contributed by atoms with Crippen LogP contribution in [0.1, 0.15) is 40.3 Å². The molecule has 0 spiro atoms. The van der Waals surface area contributed by atoms with Gasteiger partial charge in [-0.05, 0) is 92.3 Å². The Morgan fingerprint density at radius 3 is 2.35 bits per heavy atom. The first-order valence-corrected chi connectivity index (χ1v) is 12.1. The second-order valence-corrected chi connectivity index (χ2v) is 9.29. The van der Waals surface area contributed by atoms with Gasteiger partial charge in [0.2, 0.25) is 0 Å². The predicted octanol–water partition coefficient (Wildman–Crippen LogP) is 6.69. The molecule has 1 aliphatic heterocycles. The van der Waals surface area contributed by atoms with Crippen LogP contribution in [-0.2, 0) is 6.18 Å². The fourth-order valence-electron chi connectivity index (χ4n) is 5.00. The van der Waals surface area contributed by atoms with Crippen molar-refractivity contribution in [3.8, 4) is 11.4 Å². The summed E-state index contributed by atoms with van der Waals surface area (Å²) in [5.41, 5.74) is 4.03. The largest absolute Gasteiger partial charge is 0.497 e. The third-order valence-electron chi connectivity index (χ3n) is 6.67. The summed E-state index contributed by atoms with van der Waals surface area (Å²) < 4.78 is 47.5. The summed E-state index contributed by atoms with van der Waals surface area (Å²) in [7, 11) is 1.61. The molecule has 0 saturated carbocycles. The Morgan fingerprint density at radius 1 is 0.946 bits per heavy atom. The standard InChI is InChI=1S/C28H25F3N4OS/c1-17-15-23(18(2)34(17)21-8-6-7-19(16-21)28(29,30)31)26-25(24-9-4-5-14-32-24)33-27(37)35(26)20-10-12-22(36-3)13-11-20/h4-16,25-26H,1-3H3,(H,33,37)/t25-,26-/m0/s1. The highest BCUT2D eigenvalue weighted by atomic mass is 32.1. The Hall–Kier alpha value is -3.85. The molecule has 1 saturated heterocycles. The molecule has 2 atom stereocenters. The minimum absolute atomic E-state index is 0.272. The number of aryl methyl sites for hydroxylation is 1. The lowest BCUT2D eigenvalue weighted by Gasteiger charge is -2.28. The van der Waals surface area contributed by atoms with Crippen LogP contribution in [0.2, 0.25) is 0 Å². The minimum Gasteiger partial charge on any atom is -0.497 e. The molecule has 1 fully saturated rings. The van der Waals surface area contributed by atoms with Crippen LogP contribution in [0, 0.1) is 13.8 Å². The summed E-state index contributed by atoms with van der Waals surface area (Å²) in [5, 5.41) is 3.96. The first kappa shape index (κ1) is 24.8. The Morgan fingerprint density at radius 2 is 1.70 bits per heavy atom. The van der Waals surface area contributed by atoms with E-state index in [0.29, 0.717) is 10.8 Å². The van der Waals surface area contributed by atoms with E-state index in [1.165, 1.54) is 12.1 Å². The number of benzene rings is 2. The first-order chi connectivity index (χ1) is 17.7. The molecule has 0 bridgehead atoms. The minimum atomic E-state index is -4.43. The second kappa shape index (κ2) is 9.55. The smallest absolute Gasteiger partial charge is 0.416 e. The normalized spacial score (nSPS) is 17.7. The average molecular weight is 523 g/mol. The number of aromatic nitrogens is 2. The van der Waals surface area contributed by atoms with Gasteiger partial charge in [0.05, 0.1) is 30.5 Å². The average Bonchev–Trinajstić information content (AvgIpc) is 3.39. The van der Waals surface area contributed by atoms with E-state index in [9.17, 15) is 13.2 Å². The SMILES string of the molecule is COc1ccc(N2C(=S)N[C@@H](c3ccccn3)[C@@H]2c2cc(C)n(-c3cccc(C(F)(F)F)c3)c2C)cc1. The second-order valence-electron chi connectivity index (χ2n) is 8.90. The zero-order valence-corrected chi connectivity index (χ0v) is 21.3. The molecular formula is C28H25F3N4OS. The molecule has 0 amide bonds. The highest BCUT2D eigenvalue weighted by Crippen LogP contribution is 2.44. The summed E-state index contributed by atoms with van der Waals surface area (Å²) in [4.78, 5) is 6.62. The van der Waals surface area contributed by atoms with Crippen LogP contribution >= 0.6 is 12.2 Å². The number of alkyl halides is 3. The highest BCUT2D eigenvalue weighted by molar-refractivity contribution is 7.80. The lowest BCUT2D eigenvalue weighted by atomic mass is 9.96. The number of halogens is 3. The van der Waals surface area contributed by atoms with Crippen molar-refractivity contribution in [2.45, 2.75) is 32.1 Å². The molecule has 190 valence electrons. The summed E-state index contributed by atoms with van der Waals surface area (Å²) in [5.74, 6) is 0.724. The summed E-state index contributed by atoms with van der Waals surface area (Å²) in [6, 6.07) is 20.2. The maximum absolute atomic E-state index is 13.5. The molecule has 5 rings (SSSR count). The molecule has 5 nitrogen and oxygen atoms in total. The van der Waals surface area contributed by atoms with Crippen molar-refractivity contribution in [2.75, 3.05) is 12.0 Å². The van der Waals surface area contributed by atoms with E-state index in [0.717, 1.165) is 40.1 Å². The Kier molecular flexibility index (Phi) is 6.41. The highest BCUT2D eigenvalue weighted by Gasteiger charge is 2.42. The molecule has 3 heterocycles. The Labute approximate surface area is 218 Å². The topological polar surface area (TPSA) is 42.3 Å². The van der Waals surface area contributed by atoms with Crippen molar-refractivity contribution in [3.63, 3.8) is 0 Å². The van der Waals surface area contributed by atoms with Gasteiger partial charge in [-0.25, -0.2) is 0 Å². The molecule has 0 unspecified atom stereocenters. The number of methoxy groups -OCH3 is 1. The van der Waals surface area contributed by atoms with Crippen molar-refractivity contribution in [3.05, 3.63) is 107 Å². The fraction of sp³-hybridized carbons (Fsp3) is 0.214. The van der Waals surface area contributed by atoms with E-state index in [1.54, 1.807) is 19.4 Å². The fourth-order valence-corrected chi connectivity index (χ4v) is 5.34. The molecule has 1 N–H and O–H groups in total. The van der Waals surface area contributed by atoms with Crippen molar-refractivity contribution >= 4 is 23.0 Å². The van der Waals surface area contributed by atoms with Gasteiger partial charge in [0, 0.05) is 29.0 Å². The van der Waals surface area contributed by atoms with Gasteiger partial charge in [-0.2, -0.15) is 13.2 Å². The maximum Gasteiger partial charge on any atom is 0.416 e. The number of ether oxygens (including phenoxy) is 1. The van der Waals surface area contributed by atoms with Gasteiger partial charge < -0.3 is 19.5 Å². The van der Waals surface area contributed by atoms with Gasteiger partial charge >= 0.3 is 6.18 Å². The molecule has 4 aromatic rings. The number of pyridine rings is 1. The predicted molar refractivity (Wildman–Crippen MR) is 141 cm³/mol. The van der Waals surface area contributed by atoms with Crippen molar-refractivity contribution < 1.29 is 17.9 Å². The molecule has 2 aromatic carbocycles. The van der Waals surface area contributed by atoms with Gasteiger partial charge in [-0.1, -0.05) is 12.1 Å². The number of thiocarbonyl (C=S) groups is 1. The van der Waals surface area contributed by atoms with E-state index < -0.39 is 11.7 Å². The van der Waals surface area contributed by atoms with E-state index in [1.807, 2.05) is 71.8 Å². The number of hydrogen-bond acceptors (Lipinski definition) is 3. The third-order valence-corrected chi connectivity index (χ3v) is 6.98. The number of hydrogen-bond donors (Lipinski definition) is 1. The third kappa shape index (κ3) is 4.55. The number of nitrogens with one attached hydrogen (secondary N) is 1. The zero-order valence-electron chi connectivity index (χ0n) is 20.5. The van der Waals surface area contributed by atoms with E-state index in [-0.39, 0.29) is 12.1 Å². The van der Waals surface area contributed by atoms with Crippen molar-refractivity contribution in [2.24, 2.45) is 0 Å². The molecule has 1 aliphatic rings. The Balaban J connectivity index is 1.66. The summed E-state index contributed by atoms with van der Waals surface area (Å²) >= 11 is 5.80. The van der Waals surface area contributed by atoms with E-state index >= 15 is 0 Å². The molecule has 2 aromatic heterocycles. The number of rotatable bonds is 5. The van der Waals surface area contributed by atoms with Crippen LogP contribution in [0.25, 0.3) is 5.69 Å². The quantitative estimate of drug-likeness (QED) is 0.296. The number of anilines is 1. The summed E-state index contributed by atoms with van der Waals surface area (Å²) in [6.07, 6.45) is -2.69. The van der Waals surface area contributed by atoms with Crippen LogP contribution in [0.5, 0.6) is 5.75 Å².